The highest BCUT2D eigenvalue weighted by atomic mass is 16.5. The first-order valence-electron chi connectivity index (χ1n) is 3.00. The van der Waals surface area contributed by atoms with Crippen molar-refractivity contribution in [2.45, 2.75) is 18.4 Å². The van der Waals surface area contributed by atoms with Crippen LogP contribution >= 0.6 is 0 Å². The van der Waals surface area contributed by atoms with E-state index < -0.39 is 5.60 Å². The molecule has 2 nitrogen and oxygen atoms in total. The van der Waals surface area contributed by atoms with Gasteiger partial charge in [-0.2, -0.15) is 0 Å². The Balaban J connectivity index is 2.43. The van der Waals surface area contributed by atoms with E-state index in [9.17, 15) is 5.11 Å². The lowest BCUT2D eigenvalue weighted by atomic mass is 10.0. The fourth-order valence-corrected chi connectivity index (χ4v) is 0.926. The van der Waals surface area contributed by atoms with Crippen LogP contribution in [0.15, 0.2) is 0 Å². The molecule has 9 heavy (non-hydrogen) atoms. The molecule has 1 atom stereocenters. The molecule has 1 aliphatic rings. The van der Waals surface area contributed by atoms with E-state index in [0.29, 0.717) is 26.1 Å². The summed E-state index contributed by atoms with van der Waals surface area (Å²) in [5.74, 6) is 2.42. The number of aliphatic hydroxyl groups is 1. The van der Waals surface area contributed by atoms with Crippen molar-refractivity contribution in [3.63, 3.8) is 0 Å². The average molecular weight is 126 g/mol. The van der Waals surface area contributed by atoms with E-state index in [0.717, 1.165) is 0 Å². The summed E-state index contributed by atoms with van der Waals surface area (Å²) in [4.78, 5) is 0. The lowest BCUT2D eigenvalue weighted by molar-refractivity contribution is 0.0312. The number of hydrogen-bond donors (Lipinski definition) is 1. The van der Waals surface area contributed by atoms with E-state index >= 15 is 0 Å². The fraction of sp³-hybridized carbons (Fsp3) is 0.714. The molecule has 0 aromatic rings. The molecule has 1 heterocycles. The zero-order chi connectivity index (χ0) is 6.74. The van der Waals surface area contributed by atoms with Crippen molar-refractivity contribution < 1.29 is 9.84 Å². The summed E-state index contributed by atoms with van der Waals surface area (Å²) in [6, 6.07) is 0. The monoisotopic (exact) mass is 126 g/mol. The highest BCUT2D eigenvalue weighted by Gasteiger charge is 2.30. The Hall–Kier alpha value is -0.520. The van der Waals surface area contributed by atoms with Crippen LogP contribution in [-0.4, -0.2) is 23.9 Å². The largest absolute Gasteiger partial charge is 0.386 e. The Bertz CT molecular complexity index is 128. The van der Waals surface area contributed by atoms with Gasteiger partial charge in [-0.1, -0.05) is 0 Å². The van der Waals surface area contributed by atoms with Gasteiger partial charge in [0, 0.05) is 19.4 Å². The van der Waals surface area contributed by atoms with Crippen LogP contribution in [0.1, 0.15) is 12.8 Å². The SMILES string of the molecule is C#CCC1(O)CCOC1. The first kappa shape index (κ1) is 6.60. The lowest BCUT2D eigenvalue weighted by Gasteiger charge is -2.15. The molecule has 0 aliphatic carbocycles. The highest BCUT2D eigenvalue weighted by Crippen LogP contribution is 2.20. The molecular formula is C7H10O2. The van der Waals surface area contributed by atoms with Crippen LogP contribution in [-0.2, 0) is 4.74 Å². The fourth-order valence-electron chi connectivity index (χ4n) is 0.926. The normalized spacial score (nSPS) is 34.2. The maximum absolute atomic E-state index is 9.42. The number of terminal acetylenes is 1. The molecule has 0 radical (unpaired) electrons. The second kappa shape index (κ2) is 2.38. The van der Waals surface area contributed by atoms with Crippen molar-refractivity contribution in [2.24, 2.45) is 0 Å². The molecule has 1 saturated heterocycles. The summed E-state index contributed by atoms with van der Waals surface area (Å²) < 4.78 is 4.97. The molecular weight excluding hydrogens is 116 g/mol. The van der Waals surface area contributed by atoms with Gasteiger partial charge >= 0.3 is 0 Å². The van der Waals surface area contributed by atoms with Crippen molar-refractivity contribution in [2.75, 3.05) is 13.2 Å². The van der Waals surface area contributed by atoms with E-state index in [1.54, 1.807) is 0 Å². The number of ether oxygens (including phenoxy) is 1. The standard InChI is InChI=1S/C7H10O2/c1-2-3-7(8)4-5-9-6-7/h1,8H,3-6H2. The Labute approximate surface area is 54.8 Å². The van der Waals surface area contributed by atoms with Gasteiger partial charge in [0.15, 0.2) is 0 Å². The maximum atomic E-state index is 9.42. The van der Waals surface area contributed by atoms with Crippen LogP contribution < -0.4 is 0 Å². The molecule has 2 heteroatoms. The van der Waals surface area contributed by atoms with Gasteiger partial charge in [0.2, 0.25) is 0 Å². The second-order valence-electron chi connectivity index (χ2n) is 2.41. The summed E-state index contributed by atoms with van der Waals surface area (Å²) in [6.07, 6.45) is 6.12. The Morgan fingerprint density at radius 1 is 1.78 bits per heavy atom. The van der Waals surface area contributed by atoms with Crippen LogP contribution in [0.4, 0.5) is 0 Å². The molecule has 1 unspecified atom stereocenters. The minimum Gasteiger partial charge on any atom is -0.386 e. The summed E-state index contributed by atoms with van der Waals surface area (Å²) in [5.41, 5.74) is -0.714. The van der Waals surface area contributed by atoms with E-state index in [1.807, 2.05) is 0 Å². The van der Waals surface area contributed by atoms with Gasteiger partial charge in [-0.15, -0.1) is 12.3 Å². The zero-order valence-corrected chi connectivity index (χ0v) is 5.26. The topological polar surface area (TPSA) is 29.5 Å². The minimum absolute atomic E-state index is 0.400. The number of rotatable bonds is 1. The smallest absolute Gasteiger partial charge is 0.101 e. The van der Waals surface area contributed by atoms with Crippen molar-refractivity contribution in [1.82, 2.24) is 0 Å². The van der Waals surface area contributed by atoms with E-state index in [-0.39, 0.29) is 0 Å². The molecule has 0 bridgehead atoms. The molecule has 0 aromatic heterocycles. The second-order valence-corrected chi connectivity index (χ2v) is 2.41. The van der Waals surface area contributed by atoms with Gasteiger partial charge in [0.25, 0.3) is 0 Å². The van der Waals surface area contributed by atoms with Crippen LogP contribution in [0.25, 0.3) is 0 Å². The van der Waals surface area contributed by atoms with Crippen LogP contribution in [0, 0.1) is 12.3 Å². The summed E-state index contributed by atoms with van der Waals surface area (Å²) in [7, 11) is 0. The van der Waals surface area contributed by atoms with Gasteiger partial charge in [0.05, 0.1) is 6.61 Å². The Morgan fingerprint density at radius 3 is 3.00 bits per heavy atom. The van der Waals surface area contributed by atoms with Gasteiger partial charge in [-0.3, -0.25) is 0 Å². The van der Waals surface area contributed by atoms with Crippen LogP contribution in [0.3, 0.4) is 0 Å². The third kappa shape index (κ3) is 1.44. The van der Waals surface area contributed by atoms with E-state index in [1.165, 1.54) is 0 Å². The predicted molar refractivity (Wildman–Crippen MR) is 33.8 cm³/mol. The quantitative estimate of drug-likeness (QED) is 0.507. The highest BCUT2D eigenvalue weighted by molar-refractivity contribution is 4.96. The Kier molecular flexibility index (Phi) is 1.75. The minimum atomic E-state index is -0.714. The van der Waals surface area contributed by atoms with Crippen molar-refractivity contribution in [3.8, 4) is 12.3 Å². The van der Waals surface area contributed by atoms with Crippen molar-refractivity contribution >= 4 is 0 Å². The maximum Gasteiger partial charge on any atom is 0.101 e. The molecule has 0 amide bonds. The zero-order valence-electron chi connectivity index (χ0n) is 5.26. The molecule has 1 aliphatic heterocycles. The molecule has 0 aromatic carbocycles. The van der Waals surface area contributed by atoms with Crippen LogP contribution in [0.5, 0.6) is 0 Å². The number of hydrogen-bond acceptors (Lipinski definition) is 2. The molecule has 0 spiro atoms. The molecule has 1 rings (SSSR count). The third-order valence-corrected chi connectivity index (χ3v) is 1.51. The Morgan fingerprint density at radius 2 is 2.56 bits per heavy atom. The van der Waals surface area contributed by atoms with Gasteiger partial charge in [0.1, 0.15) is 5.60 Å². The summed E-state index contributed by atoms with van der Waals surface area (Å²) in [5, 5.41) is 9.42. The molecule has 0 saturated carbocycles. The van der Waals surface area contributed by atoms with Gasteiger partial charge < -0.3 is 9.84 Å². The molecule has 50 valence electrons. The summed E-state index contributed by atoms with van der Waals surface area (Å²) >= 11 is 0. The molecule has 1 N–H and O–H groups in total. The van der Waals surface area contributed by atoms with Gasteiger partial charge in [-0.05, 0) is 0 Å². The first-order chi connectivity index (χ1) is 4.27. The van der Waals surface area contributed by atoms with Crippen LogP contribution in [0.2, 0.25) is 0 Å². The third-order valence-electron chi connectivity index (χ3n) is 1.51. The molecule has 1 fully saturated rings. The van der Waals surface area contributed by atoms with Crippen molar-refractivity contribution in [1.29, 1.82) is 0 Å². The van der Waals surface area contributed by atoms with E-state index in [2.05, 4.69) is 5.92 Å². The average Bonchev–Trinajstić information content (AvgIpc) is 2.16. The van der Waals surface area contributed by atoms with E-state index in [4.69, 9.17) is 11.2 Å². The van der Waals surface area contributed by atoms with Gasteiger partial charge in [-0.25, -0.2) is 0 Å². The van der Waals surface area contributed by atoms with Crippen molar-refractivity contribution in [3.05, 3.63) is 0 Å². The first-order valence-corrected chi connectivity index (χ1v) is 3.00. The summed E-state index contributed by atoms with van der Waals surface area (Å²) in [6.45, 7) is 1.04. The lowest BCUT2D eigenvalue weighted by Crippen LogP contribution is -2.27. The predicted octanol–water partition coefficient (Wildman–Crippen LogP) is 0.161.